The predicted molar refractivity (Wildman–Crippen MR) is 65.1 cm³/mol. The summed E-state index contributed by atoms with van der Waals surface area (Å²) in [6, 6.07) is 0. The summed E-state index contributed by atoms with van der Waals surface area (Å²) in [7, 11) is 0. The van der Waals surface area contributed by atoms with Crippen LogP contribution in [0.2, 0.25) is 0 Å². The van der Waals surface area contributed by atoms with Gasteiger partial charge in [-0.25, -0.2) is 9.78 Å². The molecule has 1 aliphatic heterocycles. The molecule has 0 aromatic carbocycles. The fourth-order valence-corrected chi connectivity index (χ4v) is 2.10. The van der Waals surface area contributed by atoms with Crippen molar-refractivity contribution in [1.29, 1.82) is 0 Å². The summed E-state index contributed by atoms with van der Waals surface area (Å²) in [6.07, 6.45) is -0.0955. The Kier molecular flexibility index (Phi) is 6.85. The zero-order valence-corrected chi connectivity index (χ0v) is 10.7. The van der Waals surface area contributed by atoms with E-state index in [2.05, 4.69) is 10.3 Å². The van der Waals surface area contributed by atoms with E-state index < -0.39 is 5.97 Å². The molecule has 0 aliphatic carbocycles. The van der Waals surface area contributed by atoms with Crippen molar-refractivity contribution in [2.45, 2.75) is 6.10 Å². The average Bonchev–Trinajstić information content (AvgIpc) is 2.68. The topological polar surface area (TPSA) is 71.5 Å². The van der Waals surface area contributed by atoms with E-state index in [1.54, 1.807) is 0 Å². The van der Waals surface area contributed by atoms with Gasteiger partial charge >= 0.3 is 5.97 Å². The number of hydrogen-bond donors (Lipinski definition) is 2. The van der Waals surface area contributed by atoms with E-state index in [9.17, 15) is 4.79 Å². The van der Waals surface area contributed by atoms with Gasteiger partial charge in [0.15, 0.2) is 5.69 Å². The SMILES string of the molecule is Cl.Cl.O=C(O)c1csc(C2CNCCO2)n1. The number of carbonyl (C=O) groups is 1. The number of morpholine rings is 1. The summed E-state index contributed by atoms with van der Waals surface area (Å²) >= 11 is 1.33. The first-order chi connectivity index (χ1) is 6.77. The Morgan fingerprint density at radius 3 is 2.88 bits per heavy atom. The van der Waals surface area contributed by atoms with E-state index >= 15 is 0 Å². The van der Waals surface area contributed by atoms with Gasteiger partial charge in [0.1, 0.15) is 11.1 Å². The second kappa shape index (κ2) is 7.03. The summed E-state index contributed by atoms with van der Waals surface area (Å²) in [4.78, 5) is 14.6. The van der Waals surface area contributed by atoms with Crippen LogP contribution in [0.5, 0.6) is 0 Å². The van der Waals surface area contributed by atoms with Crippen LogP contribution >= 0.6 is 36.2 Å². The Morgan fingerprint density at radius 2 is 2.38 bits per heavy atom. The quantitative estimate of drug-likeness (QED) is 0.859. The Bertz CT molecular complexity index is 342. The number of thiazole rings is 1. The third-order valence-corrected chi connectivity index (χ3v) is 2.88. The molecule has 0 amide bonds. The molecule has 1 aromatic rings. The lowest BCUT2D eigenvalue weighted by molar-refractivity contribution is 0.0274. The lowest BCUT2D eigenvalue weighted by Crippen LogP contribution is -2.33. The maximum atomic E-state index is 10.6. The molecular weight excluding hydrogens is 275 g/mol. The standard InChI is InChI=1S/C8H10N2O3S.2ClH/c11-8(12)5-4-14-7(10-5)6-3-9-1-2-13-6;;/h4,6,9H,1-3H2,(H,11,12);2*1H. The Labute approximate surface area is 109 Å². The Hall–Kier alpha value is -0.400. The molecule has 1 unspecified atom stereocenters. The van der Waals surface area contributed by atoms with Crippen molar-refractivity contribution < 1.29 is 14.6 Å². The molecule has 0 bridgehead atoms. The van der Waals surface area contributed by atoms with Crippen LogP contribution in [-0.4, -0.2) is 35.8 Å². The van der Waals surface area contributed by atoms with Crippen LogP contribution < -0.4 is 5.32 Å². The van der Waals surface area contributed by atoms with E-state index in [1.165, 1.54) is 16.7 Å². The van der Waals surface area contributed by atoms with E-state index in [4.69, 9.17) is 9.84 Å². The molecule has 0 spiro atoms. The van der Waals surface area contributed by atoms with Gasteiger partial charge in [0, 0.05) is 18.5 Å². The smallest absolute Gasteiger partial charge is 0.355 e. The number of nitrogens with zero attached hydrogens (tertiary/aromatic N) is 1. The van der Waals surface area contributed by atoms with E-state index in [0.717, 1.165) is 11.6 Å². The number of ether oxygens (including phenoxy) is 1. The van der Waals surface area contributed by atoms with Crippen molar-refractivity contribution >= 4 is 42.1 Å². The summed E-state index contributed by atoms with van der Waals surface area (Å²) in [5.41, 5.74) is 0.0965. The minimum Gasteiger partial charge on any atom is -0.476 e. The highest BCUT2D eigenvalue weighted by Gasteiger charge is 2.20. The van der Waals surface area contributed by atoms with Gasteiger partial charge in [-0.05, 0) is 0 Å². The number of hydrogen-bond acceptors (Lipinski definition) is 5. The Balaban J connectivity index is 0.00000112. The summed E-state index contributed by atoms with van der Waals surface area (Å²) < 4.78 is 5.45. The lowest BCUT2D eigenvalue weighted by Gasteiger charge is -2.21. The summed E-state index contributed by atoms with van der Waals surface area (Å²) in [6.45, 7) is 2.19. The number of nitrogens with one attached hydrogen (secondary N) is 1. The lowest BCUT2D eigenvalue weighted by atomic mass is 10.3. The van der Waals surface area contributed by atoms with Gasteiger partial charge in [-0.2, -0.15) is 0 Å². The molecule has 0 saturated carbocycles. The van der Waals surface area contributed by atoms with Gasteiger partial charge in [0.25, 0.3) is 0 Å². The van der Waals surface area contributed by atoms with Crippen LogP contribution in [0.1, 0.15) is 21.6 Å². The average molecular weight is 287 g/mol. The van der Waals surface area contributed by atoms with Gasteiger partial charge < -0.3 is 15.2 Å². The minimum absolute atomic E-state index is 0. The molecular formula is C8H12Cl2N2O3S. The van der Waals surface area contributed by atoms with Crippen LogP contribution in [0, 0.1) is 0 Å². The van der Waals surface area contributed by atoms with Gasteiger partial charge in [0.2, 0.25) is 0 Å². The number of rotatable bonds is 2. The van der Waals surface area contributed by atoms with Crippen molar-refractivity contribution in [3.8, 4) is 0 Å². The van der Waals surface area contributed by atoms with Crippen LogP contribution in [-0.2, 0) is 4.74 Å². The second-order valence-electron chi connectivity index (χ2n) is 2.94. The fourth-order valence-electron chi connectivity index (χ4n) is 1.26. The van der Waals surface area contributed by atoms with E-state index in [0.29, 0.717) is 13.2 Å². The molecule has 8 heteroatoms. The van der Waals surface area contributed by atoms with E-state index in [1.807, 2.05) is 0 Å². The number of aromatic carboxylic acids is 1. The number of carboxylic acids is 1. The van der Waals surface area contributed by atoms with Crippen molar-refractivity contribution in [3.63, 3.8) is 0 Å². The first-order valence-corrected chi connectivity index (χ1v) is 5.16. The number of halogens is 2. The predicted octanol–water partition coefficient (Wildman–Crippen LogP) is 1.35. The normalized spacial score (nSPS) is 19.4. The molecule has 1 fully saturated rings. The van der Waals surface area contributed by atoms with Crippen molar-refractivity contribution in [3.05, 3.63) is 16.1 Å². The maximum absolute atomic E-state index is 10.6. The highest BCUT2D eigenvalue weighted by atomic mass is 35.5. The molecule has 1 aliphatic rings. The zero-order chi connectivity index (χ0) is 9.97. The second-order valence-corrected chi connectivity index (χ2v) is 3.83. The van der Waals surface area contributed by atoms with Crippen LogP contribution in [0.4, 0.5) is 0 Å². The van der Waals surface area contributed by atoms with Gasteiger partial charge in [-0.15, -0.1) is 36.2 Å². The van der Waals surface area contributed by atoms with Gasteiger partial charge in [0.05, 0.1) is 6.61 Å². The number of aromatic nitrogens is 1. The largest absolute Gasteiger partial charge is 0.476 e. The molecule has 5 nitrogen and oxygen atoms in total. The highest BCUT2D eigenvalue weighted by Crippen LogP contribution is 2.22. The van der Waals surface area contributed by atoms with E-state index in [-0.39, 0.29) is 36.6 Å². The maximum Gasteiger partial charge on any atom is 0.355 e. The Morgan fingerprint density at radius 1 is 1.62 bits per heavy atom. The monoisotopic (exact) mass is 286 g/mol. The first-order valence-electron chi connectivity index (χ1n) is 4.28. The van der Waals surface area contributed by atoms with Crippen LogP contribution in [0.3, 0.4) is 0 Å². The molecule has 2 N–H and O–H groups in total. The summed E-state index contributed by atoms with van der Waals surface area (Å²) in [5.74, 6) is -0.990. The molecule has 1 aromatic heterocycles. The molecule has 1 saturated heterocycles. The molecule has 0 radical (unpaired) electrons. The molecule has 2 rings (SSSR count). The minimum atomic E-state index is -0.990. The zero-order valence-electron chi connectivity index (χ0n) is 8.21. The summed E-state index contributed by atoms with van der Waals surface area (Å²) in [5, 5.41) is 14.1. The van der Waals surface area contributed by atoms with Crippen LogP contribution in [0.15, 0.2) is 5.38 Å². The number of carboxylic acid groups (broad SMARTS) is 1. The van der Waals surface area contributed by atoms with Crippen LogP contribution in [0.25, 0.3) is 0 Å². The third kappa shape index (κ3) is 3.57. The molecule has 2 heterocycles. The fraction of sp³-hybridized carbons (Fsp3) is 0.500. The van der Waals surface area contributed by atoms with Crippen molar-refractivity contribution in [1.82, 2.24) is 10.3 Å². The molecule has 16 heavy (non-hydrogen) atoms. The highest BCUT2D eigenvalue weighted by molar-refractivity contribution is 7.09. The molecule has 1 atom stereocenters. The first kappa shape index (κ1) is 15.6. The van der Waals surface area contributed by atoms with Crippen molar-refractivity contribution in [2.75, 3.05) is 19.7 Å². The van der Waals surface area contributed by atoms with Crippen molar-refractivity contribution in [2.24, 2.45) is 0 Å². The third-order valence-electron chi connectivity index (χ3n) is 1.94. The molecule has 92 valence electrons. The van der Waals surface area contributed by atoms with Gasteiger partial charge in [-0.1, -0.05) is 0 Å². The van der Waals surface area contributed by atoms with Gasteiger partial charge in [-0.3, -0.25) is 0 Å².